The fraction of sp³-hybridized carbons (Fsp3) is 0.143. The molecule has 1 aromatic heterocycles. The van der Waals surface area contributed by atoms with Gasteiger partial charge in [0, 0.05) is 18.9 Å². The summed E-state index contributed by atoms with van der Waals surface area (Å²) in [5.41, 5.74) is 0.894. The Bertz CT molecular complexity index is 732. The first-order valence-electron chi connectivity index (χ1n) is 6.07. The van der Waals surface area contributed by atoms with Gasteiger partial charge in [0.1, 0.15) is 6.20 Å². The molecule has 7 heteroatoms. The first-order chi connectivity index (χ1) is 9.90. The SMILES string of the molecule is CC(=O)/C(=C\c1ccc(Cl)cc1)n1c([N+](=O)[O-])cnc1C. The van der Waals surface area contributed by atoms with Gasteiger partial charge in [0.15, 0.2) is 17.3 Å². The summed E-state index contributed by atoms with van der Waals surface area (Å²) in [4.78, 5) is 26.3. The summed E-state index contributed by atoms with van der Waals surface area (Å²) in [6, 6.07) is 6.81. The van der Waals surface area contributed by atoms with Crippen LogP contribution in [0.4, 0.5) is 5.82 Å². The van der Waals surface area contributed by atoms with Gasteiger partial charge < -0.3 is 10.1 Å². The molecule has 0 N–H and O–H groups in total. The van der Waals surface area contributed by atoms with Crippen molar-refractivity contribution in [2.75, 3.05) is 0 Å². The van der Waals surface area contributed by atoms with Crippen molar-refractivity contribution in [2.45, 2.75) is 13.8 Å². The molecule has 2 rings (SSSR count). The summed E-state index contributed by atoms with van der Waals surface area (Å²) in [5, 5.41) is 11.6. The van der Waals surface area contributed by atoms with Crippen molar-refractivity contribution in [3.63, 3.8) is 0 Å². The minimum absolute atomic E-state index is 0.180. The maximum Gasteiger partial charge on any atom is 0.348 e. The molecule has 0 amide bonds. The lowest BCUT2D eigenvalue weighted by Crippen LogP contribution is -2.10. The summed E-state index contributed by atoms with van der Waals surface area (Å²) < 4.78 is 1.23. The lowest BCUT2D eigenvalue weighted by atomic mass is 10.1. The maximum absolute atomic E-state index is 11.9. The molecule has 21 heavy (non-hydrogen) atoms. The van der Waals surface area contributed by atoms with Crippen LogP contribution in [-0.4, -0.2) is 20.3 Å². The molecule has 0 saturated heterocycles. The molecule has 0 saturated carbocycles. The van der Waals surface area contributed by atoms with Crippen LogP contribution in [0.2, 0.25) is 5.02 Å². The number of Topliss-reactive ketones (excluding diaryl/α,β-unsaturated/α-hetero) is 1. The number of aryl methyl sites for hydroxylation is 1. The normalized spacial score (nSPS) is 11.5. The highest BCUT2D eigenvalue weighted by Gasteiger charge is 2.24. The number of allylic oxidation sites excluding steroid dienone is 1. The summed E-state index contributed by atoms with van der Waals surface area (Å²) in [5.74, 6) is -0.172. The van der Waals surface area contributed by atoms with E-state index in [1.54, 1.807) is 37.3 Å². The Morgan fingerprint density at radius 1 is 1.38 bits per heavy atom. The van der Waals surface area contributed by atoms with Gasteiger partial charge >= 0.3 is 5.82 Å². The molecule has 6 nitrogen and oxygen atoms in total. The number of benzene rings is 1. The van der Waals surface area contributed by atoms with Crippen molar-refractivity contribution in [3.8, 4) is 0 Å². The number of nitro groups is 1. The highest BCUT2D eigenvalue weighted by molar-refractivity contribution is 6.30. The van der Waals surface area contributed by atoms with Gasteiger partial charge in [-0.15, -0.1) is 0 Å². The lowest BCUT2D eigenvalue weighted by Gasteiger charge is -2.04. The Kier molecular flexibility index (Phi) is 4.18. The zero-order chi connectivity index (χ0) is 15.6. The summed E-state index contributed by atoms with van der Waals surface area (Å²) in [6.45, 7) is 2.95. The van der Waals surface area contributed by atoms with Crippen LogP contribution in [0.5, 0.6) is 0 Å². The second-order valence-electron chi connectivity index (χ2n) is 4.39. The Morgan fingerprint density at radius 2 is 2.00 bits per heavy atom. The molecule has 0 aliphatic rings. The summed E-state index contributed by atoms with van der Waals surface area (Å²) in [6.07, 6.45) is 2.70. The van der Waals surface area contributed by atoms with E-state index in [0.29, 0.717) is 16.4 Å². The van der Waals surface area contributed by atoms with E-state index in [0.717, 1.165) is 6.20 Å². The highest BCUT2D eigenvalue weighted by atomic mass is 35.5. The quantitative estimate of drug-likeness (QED) is 0.493. The van der Waals surface area contributed by atoms with Crippen molar-refractivity contribution < 1.29 is 9.72 Å². The van der Waals surface area contributed by atoms with E-state index in [2.05, 4.69) is 4.98 Å². The molecular formula is C14H12ClN3O3. The van der Waals surface area contributed by atoms with E-state index in [1.165, 1.54) is 11.5 Å². The smallest absolute Gasteiger partial charge is 0.348 e. The third kappa shape index (κ3) is 3.17. The zero-order valence-corrected chi connectivity index (χ0v) is 12.2. The van der Waals surface area contributed by atoms with E-state index in [4.69, 9.17) is 11.6 Å². The number of hydrogen-bond donors (Lipinski definition) is 0. The van der Waals surface area contributed by atoms with Crippen LogP contribution in [0.25, 0.3) is 11.8 Å². The Morgan fingerprint density at radius 3 is 2.52 bits per heavy atom. The largest absolute Gasteiger partial charge is 0.358 e. The van der Waals surface area contributed by atoms with E-state index < -0.39 is 4.92 Å². The fourth-order valence-corrected chi connectivity index (χ4v) is 2.03. The predicted molar refractivity (Wildman–Crippen MR) is 79.9 cm³/mol. The molecule has 108 valence electrons. The first-order valence-corrected chi connectivity index (χ1v) is 6.45. The molecular weight excluding hydrogens is 294 g/mol. The maximum atomic E-state index is 11.9. The lowest BCUT2D eigenvalue weighted by molar-refractivity contribution is -0.390. The topological polar surface area (TPSA) is 78.0 Å². The Balaban J connectivity index is 2.59. The van der Waals surface area contributed by atoms with Gasteiger partial charge in [0.05, 0.1) is 0 Å². The molecule has 0 bridgehead atoms. The summed E-state index contributed by atoms with van der Waals surface area (Å²) >= 11 is 5.81. The van der Waals surface area contributed by atoms with Crippen molar-refractivity contribution in [2.24, 2.45) is 0 Å². The molecule has 0 unspecified atom stereocenters. The average Bonchev–Trinajstić information content (AvgIpc) is 2.79. The number of rotatable bonds is 4. The van der Waals surface area contributed by atoms with Crippen LogP contribution in [0.1, 0.15) is 18.3 Å². The number of halogens is 1. The third-order valence-electron chi connectivity index (χ3n) is 2.88. The van der Waals surface area contributed by atoms with Crippen LogP contribution in [0.3, 0.4) is 0 Å². The molecule has 1 heterocycles. The average molecular weight is 306 g/mol. The first kappa shape index (κ1) is 14.9. The van der Waals surface area contributed by atoms with Gasteiger partial charge in [-0.1, -0.05) is 23.7 Å². The third-order valence-corrected chi connectivity index (χ3v) is 3.13. The number of carbonyl (C=O) groups excluding carboxylic acids is 1. The van der Waals surface area contributed by atoms with Crippen molar-refractivity contribution in [3.05, 3.63) is 57.0 Å². The standard InChI is InChI=1S/C14H12ClN3O3/c1-9(19)13(7-11-3-5-12(15)6-4-11)17-10(2)16-8-14(17)18(20)21/h3-8H,1-2H3/b13-7+. The molecule has 1 aromatic carbocycles. The second-order valence-corrected chi connectivity index (χ2v) is 4.83. The molecule has 0 fully saturated rings. The van der Waals surface area contributed by atoms with Gasteiger partial charge in [0.2, 0.25) is 0 Å². The van der Waals surface area contributed by atoms with E-state index in [9.17, 15) is 14.9 Å². The van der Waals surface area contributed by atoms with Crippen LogP contribution in [-0.2, 0) is 4.79 Å². The van der Waals surface area contributed by atoms with Crippen LogP contribution < -0.4 is 0 Å². The molecule has 0 spiro atoms. The number of imidazole rings is 1. The zero-order valence-electron chi connectivity index (χ0n) is 11.4. The minimum atomic E-state index is -0.571. The number of nitrogens with zero attached hydrogens (tertiary/aromatic N) is 3. The van der Waals surface area contributed by atoms with E-state index in [-0.39, 0.29) is 17.3 Å². The second kappa shape index (κ2) is 5.88. The minimum Gasteiger partial charge on any atom is -0.358 e. The highest BCUT2D eigenvalue weighted by Crippen LogP contribution is 2.23. The molecule has 0 aliphatic heterocycles. The predicted octanol–water partition coefficient (Wildman–Crippen LogP) is 3.34. The Labute approximate surface area is 125 Å². The molecule has 0 aliphatic carbocycles. The monoisotopic (exact) mass is 305 g/mol. The van der Waals surface area contributed by atoms with Crippen molar-refractivity contribution in [1.82, 2.24) is 9.55 Å². The van der Waals surface area contributed by atoms with Crippen LogP contribution in [0.15, 0.2) is 30.5 Å². The fourth-order valence-electron chi connectivity index (χ4n) is 1.90. The van der Waals surface area contributed by atoms with Crippen LogP contribution in [0, 0.1) is 17.0 Å². The number of aromatic nitrogens is 2. The summed E-state index contributed by atoms with van der Waals surface area (Å²) in [7, 11) is 0. The number of ketones is 1. The van der Waals surface area contributed by atoms with Crippen molar-refractivity contribution >= 4 is 35.0 Å². The van der Waals surface area contributed by atoms with Gasteiger partial charge in [0.25, 0.3) is 0 Å². The van der Waals surface area contributed by atoms with Gasteiger partial charge in [-0.25, -0.2) is 4.98 Å². The van der Waals surface area contributed by atoms with Gasteiger partial charge in [-0.05, 0) is 28.7 Å². The molecule has 0 atom stereocenters. The van der Waals surface area contributed by atoms with Gasteiger partial charge in [-0.3, -0.25) is 4.79 Å². The van der Waals surface area contributed by atoms with Crippen molar-refractivity contribution in [1.29, 1.82) is 0 Å². The molecule has 0 radical (unpaired) electrons. The van der Waals surface area contributed by atoms with E-state index in [1.807, 2.05) is 0 Å². The number of carbonyl (C=O) groups is 1. The Hall–Kier alpha value is -2.47. The van der Waals surface area contributed by atoms with Gasteiger partial charge in [-0.2, -0.15) is 4.57 Å². The van der Waals surface area contributed by atoms with Crippen LogP contribution >= 0.6 is 11.6 Å². The number of hydrogen-bond acceptors (Lipinski definition) is 4. The van der Waals surface area contributed by atoms with E-state index >= 15 is 0 Å². The molecule has 2 aromatic rings.